The van der Waals surface area contributed by atoms with Gasteiger partial charge in [-0.2, -0.15) is 0 Å². The molecule has 3 N–H and O–H groups in total. The van der Waals surface area contributed by atoms with Crippen LogP contribution in [0.5, 0.6) is 0 Å². The average molecular weight is 239 g/mol. The number of thiazole rings is 1. The first-order valence-corrected chi connectivity index (χ1v) is 6.44. The van der Waals surface area contributed by atoms with Gasteiger partial charge in [-0.05, 0) is 18.4 Å². The van der Waals surface area contributed by atoms with Gasteiger partial charge < -0.3 is 11.1 Å². The van der Waals surface area contributed by atoms with Crippen LogP contribution in [0, 0.1) is 0 Å². The summed E-state index contributed by atoms with van der Waals surface area (Å²) in [5.74, 6) is 0. The third kappa shape index (κ3) is 2.94. The van der Waals surface area contributed by atoms with Crippen LogP contribution in [-0.4, -0.2) is 11.0 Å². The Morgan fingerprint density at radius 2 is 2.47 bits per heavy atom. The molecule has 0 spiro atoms. The molecule has 0 radical (unpaired) electrons. The molecule has 3 nitrogen and oxygen atoms in total. The lowest BCUT2D eigenvalue weighted by atomic mass is 10.2. The minimum absolute atomic E-state index is 0.384. The van der Waals surface area contributed by atoms with E-state index in [2.05, 4.69) is 34.7 Å². The highest BCUT2D eigenvalue weighted by Gasteiger charge is 2.06. The molecule has 2 rings (SSSR count). The van der Waals surface area contributed by atoms with Gasteiger partial charge in [0.15, 0.2) is 5.13 Å². The molecule has 0 aliphatic carbocycles. The van der Waals surface area contributed by atoms with Crippen molar-refractivity contribution in [2.45, 2.75) is 19.4 Å². The van der Waals surface area contributed by atoms with E-state index < -0.39 is 0 Å². The molecule has 2 heterocycles. The second-order valence-electron chi connectivity index (χ2n) is 3.40. The van der Waals surface area contributed by atoms with Crippen LogP contribution in [0.2, 0.25) is 0 Å². The van der Waals surface area contributed by atoms with Crippen molar-refractivity contribution in [3.63, 3.8) is 0 Å². The standard InChI is InChI=1S/C10H13N3S2/c1-7(5-8-3-2-4-14-8)13-10-12-6-9(11)15-10/h2-4,6-7H,5,11H2,1H3,(H,12,13). The summed E-state index contributed by atoms with van der Waals surface area (Å²) in [5.41, 5.74) is 5.61. The molecule has 0 aromatic carbocycles. The molecule has 0 saturated carbocycles. The molecule has 0 amide bonds. The molecule has 1 atom stereocenters. The third-order valence-electron chi connectivity index (χ3n) is 1.98. The van der Waals surface area contributed by atoms with Gasteiger partial charge in [-0.15, -0.1) is 11.3 Å². The Hall–Kier alpha value is -1.07. The molecule has 0 fully saturated rings. The Morgan fingerprint density at radius 1 is 1.60 bits per heavy atom. The maximum atomic E-state index is 5.61. The summed E-state index contributed by atoms with van der Waals surface area (Å²) < 4.78 is 0. The minimum atomic E-state index is 0.384. The molecule has 80 valence electrons. The number of nitrogens with one attached hydrogen (secondary N) is 1. The van der Waals surface area contributed by atoms with Crippen molar-refractivity contribution >= 4 is 32.8 Å². The summed E-state index contributed by atoms with van der Waals surface area (Å²) in [6.07, 6.45) is 2.71. The van der Waals surface area contributed by atoms with Crippen LogP contribution in [0.25, 0.3) is 0 Å². The van der Waals surface area contributed by atoms with Crippen LogP contribution >= 0.6 is 22.7 Å². The predicted molar refractivity (Wildman–Crippen MR) is 67.6 cm³/mol. The van der Waals surface area contributed by atoms with Crippen LogP contribution in [0.3, 0.4) is 0 Å². The van der Waals surface area contributed by atoms with E-state index in [0.29, 0.717) is 6.04 Å². The molecule has 2 aromatic heterocycles. The quantitative estimate of drug-likeness (QED) is 0.862. The molecule has 1 unspecified atom stereocenters. The summed E-state index contributed by atoms with van der Waals surface area (Å²) >= 11 is 3.27. The largest absolute Gasteiger partial charge is 0.389 e. The van der Waals surface area contributed by atoms with Gasteiger partial charge in [0.05, 0.1) is 6.20 Å². The topological polar surface area (TPSA) is 50.9 Å². The highest BCUT2D eigenvalue weighted by Crippen LogP contribution is 2.21. The first-order chi connectivity index (χ1) is 7.24. The van der Waals surface area contributed by atoms with E-state index in [1.807, 2.05) is 0 Å². The lowest BCUT2D eigenvalue weighted by Gasteiger charge is -2.10. The Bertz CT molecular complexity index is 408. The van der Waals surface area contributed by atoms with Gasteiger partial charge in [-0.1, -0.05) is 17.4 Å². The van der Waals surface area contributed by atoms with E-state index in [1.165, 1.54) is 16.2 Å². The van der Waals surface area contributed by atoms with Gasteiger partial charge in [0.1, 0.15) is 5.00 Å². The van der Waals surface area contributed by atoms with Crippen LogP contribution in [0.1, 0.15) is 11.8 Å². The molecule has 0 aliphatic rings. The average Bonchev–Trinajstić information content (AvgIpc) is 2.77. The monoisotopic (exact) mass is 239 g/mol. The van der Waals surface area contributed by atoms with E-state index in [4.69, 9.17) is 5.73 Å². The summed E-state index contributed by atoms with van der Waals surface area (Å²) in [6, 6.07) is 4.61. The number of anilines is 2. The number of rotatable bonds is 4. The summed E-state index contributed by atoms with van der Waals surface area (Å²) in [7, 11) is 0. The zero-order valence-electron chi connectivity index (χ0n) is 8.43. The van der Waals surface area contributed by atoms with Crippen molar-refractivity contribution in [1.82, 2.24) is 4.98 Å². The van der Waals surface area contributed by atoms with Crippen molar-refractivity contribution in [3.05, 3.63) is 28.6 Å². The van der Waals surface area contributed by atoms with Crippen LogP contribution < -0.4 is 11.1 Å². The number of aromatic nitrogens is 1. The molecular weight excluding hydrogens is 226 g/mol. The van der Waals surface area contributed by atoms with E-state index >= 15 is 0 Å². The van der Waals surface area contributed by atoms with Gasteiger partial charge in [0.25, 0.3) is 0 Å². The molecule has 15 heavy (non-hydrogen) atoms. The van der Waals surface area contributed by atoms with Gasteiger partial charge in [-0.3, -0.25) is 0 Å². The Balaban J connectivity index is 1.90. The van der Waals surface area contributed by atoms with Gasteiger partial charge >= 0.3 is 0 Å². The van der Waals surface area contributed by atoms with E-state index in [0.717, 1.165) is 16.6 Å². The molecule has 0 saturated heterocycles. The van der Waals surface area contributed by atoms with Crippen molar-refractivity contribution in [2.75, 3.05) is 11.1 Å². The highest BCUT2D eigenvalue weighted by molar-refractivity contribution is 7.19. The summed E-state index contributed by atoms with van der Waals surface area (Å²) in [5, 5.41) is 7.09. The maximum absolute atomic E-state index is 5.61. The molecule has 2 aromatic rings. The van der Waals surface area contributed by atoms with Gasteiger partial charge in [0, 0.05) is 17.3 Å². The zero-order chi connectivity index (χ0) is 10.7. The van der Waals surface area contributed by atoms with E-state index in [-0.39, 0.29) is 0 Å². The van der Waals surface area contributed by atoms with Crippen LogP contribution in [0.15, 0.2) is 23.7 Å². The van der Waals surface area contributed by atoms with Crippen molar-refractivity contribution < 1.29 is 0 Å². The first-order valence-electron chi connectivity index (χ1n) is 4.74. The predicted octanol–water partition coefficient (Wildman–Crippen LogP) is 2.83. The van der Waals surface area contributed by atoms with Crippen molar-refractivity contribution in [3.8, 4) is 0 Å². The van der Waals surface area contributed by atoms with E-state index in [9.17, 15) is 0 Å². The van der Waals surface area contributed by atoms with Gasteiger partial charge in [-0.25, -0.2) is 4.98 Å². The molecule has 0 bridgehead atoms. The Kier molecular flexibility index (Phi) is 3.23. The molecular formula is C10H13N3S2. The lowest BCUT2D eigenvalue weighted by Crippen LogP contribution is -2.17. The van der Waals surface area contributed by atoms with Crippen molar-refractivity contribution in [1.29, 1.82) is 0 Å². The highest BCUT2D eigenvalue weighted by atomic mass is 32.1. The SMILES string of the molecule is CC(Cc1cccs1)Nc1ncc(N)s1. The van der Waals surface area contributed by atoms with Crippen LogP contribution in [0.4, 0.5) is 10.1 Å². The second kappa shape index (κ2) is 4.63. The lowest BCUT2D eigenvalue weighted by molar-refractivity contribution is 0.799. The number of nitrogens with two attached hydrogens (primary N) is 1. The number of nitrogens with zero attached hydrogens (tertiary/aromatic N) is 1. The number of hydrogen-bond acceptors (Lipinski definition) is 5. The Labute approximate surface area is 97.0 Å². The fourth-order valence-corrected chi connectivity index (χ4v) is 2.88. The third-order valence-corrected chi connectivity index (χ3v) is 3.64. The maximum Gasteiger partial charge on any atom is 0.184 e. The summed E-state index contributed by atoms with van der Waals surface area (Å²) in [4.78, 5) is 5.56. The van der Waals surface area contributed by atoms with Crippen molar-refractivity contribution in [2.24, 2.45) is 0 Å². The number of nitrogen functional groups attached to an aromatic ring is 1. The van der Waals surface area contributed by atoms with Crippen LogP contribution in [-0.2, 0) is 6.42 Å². The fourth-order valence-electron chi connectivity index (χ4n) is 1.35. The van der Waals surface area contributed by atoms with Gasteiger partial charge in [0.2, 0.25) is 0 Å². The fraction of sp³-hybridized carbons (Fsp3) is 0.300. The smallest absolute Gasteiger partial charge is 0.184 e. The summed E-state index contributed by atoms with van der Waals surface area (Å²) in [6.45, 7) is 2.15. The number of thiophene rings is 1. The minimum Gasteiger partial charge on any atom is -0.389 e. The molecule has 5 heteroatoms. The molecule has 0 aliphatic heterocycles. The number of hydrogen-bond donors (Lipinski definition) is 2. The first kappa shape index (κ1) is 10.4. The Morgan fingerprint density at radius 3 is 3.07 bits per heavy atom. The second-order valence-corrected chi connectivity index (χ2v) is 5.49. The zero-order valence-corrected chi connectivity index (χ0v) is 10.1. The normalized spacial score (nSPS) is 12.6. The van der Waals surface area contributed by atoms with E-state index in [1.54, 1.807) is 17.5 Å².